The van der Waals surface area contributed by atoms with Crippen molar-refractivity contribution in [2.45, 2.75) is 0 Å². The summed E-state index contributed by atoms with van der Waals surface area (Å²) >= 11 is 6.38. The molecule has 132 valence electrons. The topological polar surface area (TPSA) is 75.2 Å². The lowest BCUT2D eigenvalue weighted by Crippen LogP contribution is -2.44. The smallest absolute Gasteiger partial charge is 0.267 e. The molecule has 1 aliphatic heterocycles. The monoisotopic (exact) mass is 392 g/mol. The van der Waals surface area contributed by atoms with Crippen LogP contribution in [0.3, 0.4) is 0 Å². The van der Waals surface area contributed by atoms with Gasteiger partial charge in [0.1, 0.15) is 0 Å². The van der Waals surface area contributed by atoms with Gasteiger partial charge in [0, 0.05) is 24.0 Å². The third-order valence-corrected chi connectivity index (χ3v) is 5.16. The Kier molecular flexibility index (Phi) is 4.66. The molecule has 2 amide bonds. The van der Waals surface area contributed by atoms with Crippen LogP contribution in [0.1, 0.15) is 15.9 Å². The molecule has 0 aliphatic carbocycles. The fraction of sp³-hybridized carbons (Fsp3) is 0. The van der Waals surface area contributed by atoms with E-state index in [4.69, 9.17) is 12.2 Å². The minimum atomic E-state index is -0.449. The molecule has 0 unspecified atom stereocenters. The molecule has 3 heterocycles. The maximum atomic E-state index is 12.7. The van der Waals surface area contributed by atoms with Crippen molar-refractivity contribution in [1.29, 1.82) is 0 Å². The van der Waals surface area contributed by atoms with Gasteiger partial charge in [0.15, 0.2) is 4.32 Å². The highest BCUT2D eigenvalue weighted by molar-refractivity contribution is 8.26. The number of nitrogens with one attached hydrogen (secondary N) is 1. The first kappa shape index (κ1) is 17.3. The lowest BCUT2D eigenvalue weighted by Gasteiger charge is -2.15. The number of amides is 2. The van der Waals surface area contributed by atoms with Crippen molar-refractivity contribution in [1.82, 2.24) is 20.4 Å². The number of aromatic nitrogens is 2. The van der Waals surface area contributed by atoms with Gasteiger partial charge in [-0.1, -0.05) is 30.0 Å². The Labute approximate surface area is 164 Å². The molecule has 8 heteroatoms. The molecule has 1 N–H and O–H groups in total. The molecule has 6 nitrogen and oxygen atoms in total. The van der Waals surface area contributed by atoms with Crippen molar-refractivity contribution in [3.05, 3.63) is 77.1 Å². The van der Waals surface area contributed by atoms with Crippen LogP contribution in [0.25, 0.3) is 17.0 Å². The number of carbonyl (C=O) groups excluding carboxylic acids is 2. The molecule has 27 heavy (non-hydrogen) atoms. The molecule has 0 radical (unpaired) electrons. The van der Waals surface area contributed by atoms with Gasteiger partial charge in [-0.25, -0.2) is 0 Å². The second-order valence-electron chi connectivity index (χ2n) is 5.66. The zero-order valence-corrected chi connectivity index (χ0v) is 15.5. The lowest BCUT2D eigenvalue weighted by atomic mass is 10.1. The summed E-state index contributed by atoms with van der Waals surface area (Å²) in [5.74, 6) is -0.820. The van der Waals surface area contributed by atoms with Gasteiger partial charge >= 0.3 is 0 Å². The van der Waals surface area contributed by atoms with Gasteiger partial charge in [0.25, 0.3) is 11.8 Å². The van der Waals surface area contributed by atoms with E-state index in [9.17, 15) is 9.59 Å². The van der Waals surface area contributed by atoms with E-state index in [1.165, 1.54) is 6.20 Å². The average Bonchev–Trinajstić information content (AvgIpc) is 2.96. The van der Waals surface area contributed by atoms with Gasteiger partial charge < -0.3 is 0 Å². The molecule has 0 bridgehead atoms. The number of hydrogen-bond donors (Lipinski definition) is 1. The highest BCUT2D eigenvalue weighted by atomic mass is 32.2. The largest absolute Gasteiger partial charge is 0.285 e. The number of rotatable bonds is 3. The molecule has 0 atom stereocenters. The van der Waals surface area contributed by atoms with E-state index in [1.54, 1.807) is 30.6 Å². The van der Waals surface area contributed by atoms with Crippen molar-refractivity contribution < 1.29 is 9.59 Å². The van der Waals surface area contributed by atoms with E-state index in [-0.39, 0.29) is 10.2 Å². The molecule has 1 aliphatic rings. The van der Waals surface area contributed by atoms with Crippen molar-refractivity contribution in [2.75, 3.05) is 0 Å². The van der Waals surface area contributed by atoms with Gasteiger partial charge in [-0.2, -0.15) is 5.01 Å². The van der Waals surface area contributed by atoms with Crippen LogP contribution in [-0.2, 0) is 4.79 Å². The third kappa shape index (κ3) is 3.57. The zero-order chi connectivity index (χ0) is 18.8. The normalized spacial score (nSPS) is 15.6. The first-order chi connectivity index (χ1) is 13.1. The second-order valence-corrected chi connectivity index (χ2v) is 7.33. The summed E-state index contributed by atoms with van der Waals surface area (Å²) in [6, 6.07) is 12.8. The summed E-state index contributed by atoms with van der Waals surface area (Å²) < 4.78 is 0.266. The second kappa shape index (κ2) is 7.26. The minimum absolute atomic E-state index is 0.266. The Morgan fingerprint density at radius 3 is 2.85 bits per heavy atom. The van der Waals surface area contributed by atoms with E-state index in [0.29, 0.717) is 10.5 Å². The van der Waals surface area contributed by atoms with E-state index in [1.807, 2.05) is 30.3 Å². The summed E-state index contributed by atoms with van der Waals surface area (Å²) in [6.07, 6.45) is 6.45. The molecule has 4 rings (SSSR count). The van der Waals surface area contributed by atoms with Crippen LogP contribution >= 0.6 is 24.0 Å². The van der Waals surface area contributed by atoms with Crippen LogP contribution in [0.2, 0.25) is 0 Å². The minimum Gasteiger partial charge on any atom is -0.267 e. The number of hydrogen-bond acceptors (Lipinski definition) is 6. The summed E-state index contributed by atoms with van der Waals surface area (Å²) in [7, 11) is 0. The summed E-state index contributed by atoms with van der Waals surface area (Å²) in [5.41, 5.74) is 4.55. The highest BCUT2D eigenvalue weighted by Gasteiger charge is 2.33. The van der Waals surface area contributed by atoms with Crippen LogP contribution in [0.5, 0.6) is 0 Å². The summed E-state index contributed by atoms with van der Waals surface area (Å²) in [6.45, 7) is 0. The van der Waals surface area contributed by atoms with E-state index >= 15 is 0 Å². The maximum Gasteiger partial charge on any atom is 0.285 e. The molecule has 1 aromatic carbocycles. The first-order valence-electron chi connectivity index (χ1n) is 7.95. The number of fused-ring (bicyclic) bond motifs is 1. The molecule has 1 fully saturated rings. The van der Waals surface area contributed by atoms with Gasteiger partial charge in [0.2, 0.25) is 0 Å². The number of carbonyl (C=O) groups is 2. The Morgan fingerprint density at radius 1 is 1.19 bits per heavy atom. The zero-order valence-electron chi connectivity index (χ0n) is 13.8. The predicted molar refractivity (Wildman–Crippen MR) is 108 cm³/mol. The van der Waals surface area contributed by atoms with Gasteiger partial charge in [-0.15, -0.1) is 0 Å². The first-order valence-corrected chi connectivity index (χ1v) is 9.18. The summed E-state index contributed by atoms with van der Waals surface area (Å²) in [4.78, 5) is 33.6. The Morgan fingerprint density at radius 2 is 2.04 bits per heavy atom. The van der Waals surface area contributed by atoms with E-state index in [2.05, 4.69) is 15.4 Å². The molecule has 2 aromatic heterocycles. The Hall–Kier alpha value is -3.10. The van der Waals surface area contributed by atoms with Crippen molar-refractivity contribution in [3.63, 3.8) is 0 Å². The number of benzene rings is 1. The molecule has 0 spiro atoms. The molecular weight excluding hydrogens is 380 g/mol. The molecular formula is C19H12N4O2S2. The van der Waals surface area contributed by atoms with Crippen LogP contribution in [-0.4, -0.2) is 31.1 Å². The predicted octanol–water partition coefficient (Wildman–Crippen LogP) is 3.18. The standard InChI is InChI=1S/C19H12N4O2S2/c24-17(14-4-1-7-20-11-14)22-23-18(25)16(27-19(23)26)10-12-5-6-13-3-2-8-21-15(13)9-12/h1-11H,(H,22,24). The average molecular weight is 392 g/mol. The Bertz CT molecular complexity index is 1100. The van der Waals surface area contributed by atoms with Crippen molar-refractivity contribution in [3.8, 4) is 0 Å². The Balaban J connectivity index is 1.56. The van der Waals surface area contributed by atoms with Crippen molar-refractivity contribution >= 4 is 57.1 Å². The number of nitrogens with zero attached hydrogens (tertiary/aromatic N) is 3. The van der Waals surface area contributed by atoms with E-state index < -0.39 is 5.91 Å². The molecule has 1 saturated heterocycles. The fourth-order valence-electron chi connectivity index (χ4n) is 2.55. The fourth-order valence-corrected chi connectivity index (χ4v) is 3.73. The van der Waals surface area contributed by atoms with Crippen LogP contribution in [0, 0.1) is 0 Å². The maximum absolute atomic E-state index is 12.7. The van der Waals surface area contributed by atoms with Gasteiger partial charge in [0.05, 0.1) is 16.0 Å². The van der Waals surface area contributed by atoms with E-state index in [0.717, 1.165) is 33.2 Å². The SMILES string of the molecule is O=C(NN1C(=O)C(=Cc2ccc3cccnc3c2)SC1=S)c1cccnc1. The van der Waals surface area contributed by atoms with Crippen LogP contribution < -0.4 is 5.43 Å². The third-order valence-electron chi connectivity index (χ3n) is 3.86. The lowest BCUT2D eigenvalue weighted by molar-refractivity contribution is -0.123. The number of pyridine rings is 2. The quantitative estimate of drug-likeness (QED) is 0.545. The number of thiocarbonyl (C=S) groups is 1. The summed E-state index contributed by atoms with van der Waals surface area (Å²) in [5, 5.41) is 2.10. The number of thioether (sulfide) groups is 1. The highest BCUT2D eigenvalue weighted by Crippen LogP contribution is 2.31. The van der Waals surface area contributed by atoms with Crippen LogP contribution in [0.4, 0.5) is 0 Å². The molecule has 3 aromatic rings. The van der Waals surface area contributed by atoms with Gasteiger partial charge in [-0.05, 0) is 48.1 Å². The number of hydrazine groups is 1. The molecule has 0 saturated carbocycles. The van der Waals surface area contributed by atoms with Gasteiger partial charge in [-0.3, -0.25) is 25.0 Å². The van der Waals surface area contributed by atoms with Crippen LogP contribution in [0.15, 0.2) is 66.0 Å². The van der Waals surface area contributed by atoms with Crippen molar-refractivity contribution in [2.24, 2.45) is 0 Å².